The van der Waals surface area contributed by atoms with Crippen LogP contribution in [0, 0.1) is 50.7 Å². The van der Waals surface area contributed by atoms with Gasteiger partial charge >= 0.3 is 0 Å². The third-order valence-electron chi connectivity index (χ3n) is 14.4. The van der Waals surface area contributed by atoms with Gasteiger partial charge in [-0.25, -0.2) is 0 Å². The van der Waals surface area contributed by atoms with Gasteiger partial charge in [0.15, 0.2) is 0 Å². The minimum Gasteiger partial charge on any atom is -0.393 e. The van der Waals surface area contributed by atoms with Crippen molar-refractivity contribution in [1.82, 2.24) is 0 Å². The second kappa shape index (κ2) is 8.21. The summed E-state index contributed by atoms with van der Waals surface area (Å²) < 4.78 is 12.9. The van der Waals surface area contributed by atoms with Gasteiger partial charge in [-0.15, -0.1) is 0 Å². The molecule has 6 unspecified atom stereocenters. The highest BCUT2D eigenvalue weighted by molar-refractivity contribution is 5.32. The van der Waals surface area contributed by atoms with E-state index < -0.39 is 17.8 Å². The summed E-state index contributed by atoms with van der Waals surface area (Å²) in [5.74, 6) is 1.75. The zero-order valence-electron chi connectivity index (χ0n) is 25.6. The Balaban J connectivity index is 1.32. The largest absolute Gasteiger partial charge is 0.393 e. The quantitative estimate of drug-likeness (QED) is 0.431. The van der Waals surface area contributed by atoms with Crippen LogP contribution in [0.25, 0.3) is 0 Å². The average Bonchev–Trinajstić information content (AvgIpc) is 3.45. The molecule has 5 heteroatoms. The molecule has 0 amide bonds. The first-order valence-electron chi connectivity index (χ1n) is 15.9. The number of aliphatic hydroxyl groups is 3. The van der Waals surface area contributed by atoms with E-state index in [4.69, 9.17) is 9.47 Å². The van der Waals surface area contributed by atoms with Gasteiger partial charge in [-0.05, 0) is 124 Å². The second-order valence-corrected chi connectivity index (χ2v) is 16.8. The summed E-state index contributed by atoms with van der Waals surface area (Å²) in [4.78, 5) is 0. The molecule has 0 radical (unpaired) electrons. The van der Waals surface area contributed by atoms with E-state index in [1.54, 1.807) is 0 Å². The van der Waals surface area contributed by atoms with E-state index >= 15 is 0 Å². The molecule has 1 saturated heterocycles. The first-order chi connectivity index (χ1) is 17.5. The molecule has 218 valence electrons. The Hall–Kier alpha value is -0.200. The predicted molar refractivity (Wildman–Crippen MR) is 148 cm³/mol. The number of hydrogen-bond acceptors (Lipinski definition) is 5. The summed E-state index contributed by atoms with van der Waals surface area (Å²) in [5.41, 5.74) is -0.260. The molecule has 0 aromatic heterocycles. The van der Waals surface area contributed by atoms with E-state index in [-0.39, 0.29) is 40.7 Å². The first kappa shape index (κ1) is 27.9. The van der Waals surface area contributed by atoms with E-state index in [1.807, 2.05) is 27.7 Å². The molecule has 0 aromatic carbocycles. The van der Waals surface area contributed by atoms with Crippen molar-refractivity contribution in [2.24, 2.45) is 50.7 Å². The fourth-order valence-electron chi connectivity index (χ4n) is 12.7. The Morgan fingerprint density at radius 3 is 2.21 bits per heavy atom. The van der Waals surface area contributed by atoms with Crippen LogP contribution in [0.1, 0.15) is 114 Å². The Morgan fingerprint density at radius 2 is 1.55 bits per heavy atom. The second-order valence-electron chi connectivity index (χ2n) is 16.8. The fourth-order valence-corrected chi connectivity index (χ4v) is 12.7. The standard InChI is InChI=1S/C33H56O5/c1-18(2)38-29(6,7)26(35)20-16-19(3)24-25(37-20)27(36)31(9)22-11-10-21-28(4,5)23(34)12-13-32(21)17-33(22,32)15-14-30(24,31)8/h18-27,34-36H,10-17H2,1-9H3/t19?,20?,21-,22-,23?,24?,25?,26+,27-,30+,31+,32+,33?/m0/s1. The number of hydrogen-bond donors (Lipinski definition) is 3. The minimum absolute atomic E-state index is 0.0204. The van der Waals surface area contributed by atoms with Crippen LogP contribution in [0.15, 0.2) is 0 Å². The molecule has 6 aliphatic rings. The van der Waals surface area contributed by atoms with Crippen molar-refractivity contribution in [1.29, 1.82) is 0 Å². The van der Waals surface area contributed by atoms with Crippen LogP contribution in [0.2, 0.25) is 0 Å². The maximum atomic E-state index is 12.3. The molecular weight excluding hydrogens is 476 g/mol. The molecule has 13 atom stereocenters. The van der Waals surface area contributed by atoms with Crippen molar-refractivity contribution >= 4 is 0 Å². The third kappa shape index (κ3) is 3.18. The van der Waals surface area contributed by atoms with Crippen LogP contribution in [0.5, 0.6) is 0 Å². The Bertz CT molecular complexity index is 961. The number of fused-ring (bicyclic) bond motifs is 4. The van der Waals surface area contributed by atoms with Gasteiger partial charge in [0.25, 0.3) is 0 Å². The lowest BCUT2D eigenvalue weighted by Gasteiger charge is -2.63. The lowest BCUT2D eigenvalue weighted by atomic mass is 9.41. The molecule has 5 aliphatic carbocycles. The summed E-state index contributed by atoms with van der Waals surface area (Å²) in [6, 6.07) is 0. The molecule has 6 fully saturated rings. The molecule has 1 aliphatic heterocycles. The van der Waals surface area contributed by atoms with E-state index in [0.717, 1.165) is 32.1 Å². The van der Waals surface area contributed by atoms with Crippen LogP contribution in [-0.4, -0.2) is 57.5 Å². The third-order valence-corrected chi connectivity index (χ3v) is 14.4. The van der Waals surface area contributed by atoms with E-state index in [1.165, 1.54) is 19.3 Å². The van der Waals surface area contributed by atoms with E-state index in [2.05, 4.69) is 34.6 Å². The Labute approximate surface area is 231 Å². The summed E-state index contributed by atoms with van der Waals surface area (Å²) in [6.45, 7) is 19.8. The number of rotatable bonds is 4. The lowest BCUT2D eigenvalue weighted by Crippen LogP contribution is -2.59. The summed E-state index contributed by atoms with van der Waals surface area (Å²) >= 11 is 0. The zero-order chi connectivity index (χ0) is 27.8. The van der Waals surface area contributed by atoms with Gasteiger partial charge in [-0.3, -0.25) is 0 Å². The van der Waals surface area contributed by atoms with Gasteiger partial charge in [0.1, 0.15) is 6.10 Å². The molecule has 0 aromatic rings. The highest BCUT2D eigenvalue weighted by atomic mass is 16.5. The molecule has 38 heavy (non-hydrogen) atoms. The highest BCUT2D eigenvalue weighted by Crippen LogP contribution is 2.89. The number of aliphatic hydroxyl groups excluding tert-OH is 3. The van der Waals surface area contributed by atoms with Gasteiger partial charge < -0.3 is 24.8 Å². The topological polar surface area (TPSA) is 79.2 Å². The minimum atomic E-state index is -0.742. The molecule has 1 heterocycles. The van der Waals surface area contributed by atoms with Gasteiger partial charge in [-0.2, -0.15) is 0 Å². The molecule has 5 nitrogen and oxygen atoms in total. The maximum Gasteiger partial charge on any atom is 0.109 e. The lowest BCUT2D eigenvalue weighted by molar-refractivity contribution is -0.218. The normalized spacial score (nSPS) is 55.8. The van der Waals surface area contributed by atoms with Gasteiger partial charge in [0, 0.05) is 5.41 Å². The van der Waals surface area contributed by atoms with Crippen LogP contribution in [-0.2, 0) is 9.47 Å². The maximum absolute atomic E-state index is 12.3. The average molecular weight is 533 g/mol. The molecular formula is C33H56O5. The molecule has 6 rings (SSSR count). The smallest absolute Gasteiger partial charge is 0.109 e. The van der Waals surface area contributed by atoms with Crippen LogP contribution in [0.3, 0.4) is 0 Å². The fraction of sp³-hybridized carbons (Fsp3) is 1.00. The molecule has 3 N–H and O–H groups in total. The summed E-state index contributed by atoms with van der Waals surface area (Å²) in [7, 11) is 0. The monoisotopic (exact) mass is 532 g/mol. The Morgan fingerprint density at radius 1 is 0.921 bits per heavy atom. The van der Waals surface area contributed by atoms with Crippen LogP contribution >= 0.6 is 0 Å². The van der Waals surface area contributed by atoms with Crippen molar-refractivity contribution in [2.75, 3.05) is 0 Å². The van der Waals surface area contributed by atoms with Crippen LogP contribution < -0.4 is 0 Å². The summed E-state index contributed by atoms with van der Waals surface area (Å²) in [6.07, 6.45) is 6.89. The van der Waals surface area contributed by atoms with Gasteiger partial charge in [0.2, 0.25) is 0 Å². The SMILES string of the molecule is CC(C)OC(C)(C)[C@H](O)C1CC(C)C2C(O1)[C@H](O)[C@@]1(C)[C@@H]3CC[C@H]4C(C)(C)C(O)CC[C@@]45CC35CC[C@]21C. The van der Waals surface area contributed by atoms with Crippen molar-refractivity contribution in [3.8, 4) is 0 Å². The van der Waals surface area contributed by atoms with Gasteiger partial charge in [0.05, 0.1) is 36.1 Å². The van der Waals surface area contributed by atoms with Crippen molar-refractivity contribution in [2.45, 2.75) is 156 Å². The van der Waals surface area contributed by atoms with Crippen LogP contribution in [0.4, 0.5) is 0 Å². The van der Waals surface area contributed by atoms with Crippen molar-refractivity contribution < 1.29 is 24.8 Å². The molecule has 5 saturated carbocycles. The first-order valence-corrected chi connectivity index (χ1v) is 15.9. The van der Waals surface area contributed by atoms with Crippen molar-refractivity contribution in [3.05, 3.63) is 0 Å². The zero-order valence-corrected chi connectivity index (χ0v) is 25.6. The predicted octanol–water partition coefficient (Wildman–Crippen LogP) is 5.73. The molecule has 0 bridgehead atoms. The molecule has 2 spiro atoms. The number of ether oxygens (including phenoxy) is 2. The van der Waals surface area contributed by atoms with E-state index in [9.17, 15) is 15.3 Å². The Kier molecular flexibility index (Phi) is 6.04. The summed E-state index contributed by atoms with van der Waals surface area (Å²) in [5, 5.41) is 34.7. The van der Waals surface area contributed by atoms with Crippen molar-refractivity contribution in [3.63, 3.8) is 0 Å². The van der Waals surface area contributed by atoms with E-state index in [0.29, 0.717) is 34.5 Å². The highest BCUT2D eigenvalue weighted by Gasteiger charge is 2.84. The van der Waals surface area contributed by atoms with Gasteiger partial charge in [-0.1, -0.05) is 34.6 Å².